The van der Waals surface area contributed by atoms with Crippen LogP contribution < -0.4 is 10.6 Å². The SMILES string of the molecule is Cc1ccccc1NC(=O)c1ccnc(C(=O)NCc2ccc(Cl)cc2)c1. The van der Waals surface area contributed by atoms with Gasteiger partial charge in [-0.25, -0.2) is 0 Å². The molecular formula is C21H18ClN3O2. The van der Waals surface area contributed by atoms with Crippen LogP contribution in [-0.4, -0.2) is 16.8 Å². The molecule has 0 fully saturated rings. The fraction of sp³-hybridized carbons (Fsp3) is 0.0952. The summed E-state index contributed by atoms with van der Waals surface area (Å²) in [6, 6.07) is 17.7. The van der Waals surface area contributed by atoms with E-state index in [2.05, 4.69) is 15.6 Å². The van der Waals surface area contributed by atoms with Crippen molar-refractivity contribution in [3.8, 4) is 0 Å². The molecule has 1 aromatic heterocycles. The Bertz CT molecular complexity index is 971. The number of pyridine rings is 1. The van der Waals surface area contributed by atoms with Gasteiger partial charge in [-0.2, -0.15) is 0 Å². The van der Waals surface area contributed by atoms with Crippen molar-refractivity contribution in [3.63, 3.8) is 0 Å². The monoisotopic (exact) mass is 379 g/mol. The Labute approximate surface area is 162 Å². The molecular weight excluding hydrogens is 362 g/mol. The fourth-order valence-corrected chi connectivity index (χ4v) is 2.60. The molecule has 0 radical (unpaired) electrons. The van der Waals surface area contributed by atoms with Crippen LogP contribution in [0.2, 0.25) is 5.02 Å². The molecule has 0 unspecified atom stereocenters. The number of nitrogens with zero attached hydrogens (tertiary/aromatic N) is 1. The number of hydrogen-bond acceptors (Lipinski definition) is 3. The number of benzene rings is 2. The predicted octanol–water partition coefficient (Wildman–Crippen LogP) is 4.23. The Balaban J connectivity index is 1.67. The van der Waals surface area contributed by atoms with E-state index in [1.165, 1.54) is 12.3 Å². The Morgan fingerprint density at radius 1 is 1.00 bits per heavy atom. The summed E-state index contributed by atoms with van der Waals surface area (Å²) in [4.78, 5) is 28.9. The van der Waals surface area contributed by atoms with Crippen molar-refractivity contribution in [2.75, 3.05) is 5.32 Å². The van der Waals surface area contributed by atoms with Crippen LogP contribution in [0, 0.1) is 6.92 Å². The highest BCUT2D eigenvalue weighted by atomic mass is 35.5. The van der Waals surface area contributed by atoms with E-state index in [1.807, 2.05) is 43.3 Å². The molecule has 0 saturated heterocycles. The minimum absolute atomic E-state index is 0.182. The van der Waals surface area contributed by atoms with Crippen LogP contribution in [0.15, 0.2) is 66.9 Å². The zero-order chi connectivity index (χ0) is 19.2. The van der Waals surface area contributed by atoms with Crippen LogP contribution in [0.4, 0.5) is 5.69 Å². The summed E-state index contributed by atoms with van der Waals surface area (Å²) in [5.74, 6) is -0.644. The number of hydrogen-bond donors (Lipinski definition) is 2. The number of aryl methyl sites for hydroxylation is 1. The van der Waals surface area contributed by atoms with Gasteiger partial charge in [0, 0.05) is 29.0 Å². The van der Waals surface area contributed by atoms with E-state index in [0.717, 1.165) is 16.8 Å². The summed E-state index contributed by atoms with van der Waals surface area (Å²) in [6.07, 6.45) is 1.45. The molecule has 2 N–H and O–H groups in total. The van der Waals surface area contributed by atoms with E-state index in [4.69, 9.17) is 11.6 Å². The zero-order valence-corrected chi connectivity index (χ0v) is 15.5. The van der Waals surface area contributed by atoms with Gasteiger partial charge >= 0.3 is 0 Å². The molecule has 3 rings (SSSR count). The number of rotatable bonds is 5. The van der Waals surface area contributed by atoms with Crippen molar-refractivity contribution < 1.29 is 9.59 Å². The second kappa shape index (κ2) is 8.47. The van der Waals surface area contributed by atoms with Crippen molar-refractivity contribution in [2.45, 2.75) is 13.5 Å². The number of aromatic nitrogens is 1. The zero-order valence-electron chi connectivity index (χ0n) is 14.7. The summed E-state index contributed by atoms with van der Waals surface area (Å²) in [5, 5.41) is 6.27. The Morgan fingerprint density at radius 2 is 1.74 bits per heavy atom. The number of nitrogens with one attached hydrogen (secondary N) is 2. The van der Waals surface area contributed by atoms with Crippen LogP contribution in [-0.2, 0) is 6.54 Å². The van der Waals surface area contributed by atoms with Crippen molar-refractivity contribution >= 4 is 29.1 Å². The first kappa shape index (κ1) is 18.6. The standard InChI is InChI=1S/C21H18ClN3O2/c1-14-4-2-3-5-18(14)25-20(26)16-10-11-23-19(12-16)21(27)24-13-15-6-8-17(22)9-7-15/h2-12H,13H2,1H3,(H,24,27)(H,25,26). The highest BCUT2D eigenvalue weighted by molar-refractivity contribution is 6.30. The van der Waals surface area contributed by atoms with Crippen molar-refractivity contribution in [1.29, 1.82) is 0 Å². The number of halogens is 1. The van der Waals surface area contributed by atoms with E-state index < -0.39 is 0 Å². The summed E-state index contributed by atoms with van der Waals surface area (Å²) >= 11 is 5.85. The molecule has 136 valence electrons. The van der Waals surface area contributed by atoms with Gasteiger partial charge in [-0.1, -0.05) is 41.9 Å². The highest BCUT2D eigenvalue weighted by Crippen LogP contribution is 2.15. The first-order valence-electron chi connectivity index (χ1n) is 8.38. The molecule has 0 atom stereocenters. The van der Waals surface area contributed by atoms with E-state index in [1.54, 1.807) is 18.2 Å². The summed E-state index contributed by atoms with van der Waals surface area (Å²) in [7, 11) is 0. The normalized spacial score (nSPS) is 10.3. The van der Waals surface area contributed by atoms with Gasteiger partial charge in [0.05, 0.1) is 0 Å². The topological polar surface area (TPSA) is 71.1 Å². The van der Waals surface area contributed by atoms with Gasteiger partial charge in [0.25, 0.3) is 11.8 Å². The van der Waals surface area contributed by atoms with Crippen molar-refractivity contribution in [1.82, 2.24) is 10.3 Å². The lowest BCUT2D eigenvalue weighted by Gasteiger charge is -2.09. The predicted molar refractivity (Wildman–Crippen MR) is 106 cm³/mol. The Kier molecular flexibility index (Phi) is 5.84. The molecule has 0 aliphatic rings. The summed E-state index contributed by atoms with van der Waals surface area (Å²) in [6.45, 7) is 2.26. The lowest BCUT2D eigenvalue weighted by molar-refractivity contribution is 0.0946. The fourth-order valence-electron chi connectivity index (χ4n) is 2.48. The van der Waals surface area contributed by atoms with E-state index in [-0.39, 0.29) is 17.5 Å². The third-order valence-electron chi connectivity index (χ3n) is 4.01. The Hall–Kier alpha value is -3.18. The average Bonchev–Trinajstić information content (AvgIpc) is 2.69. The molecule has 0 aliphatic carbocycles. The molecule has 2 aromatic carbocycles. The van der Waals surface area contributed by atoms with Gasteiger partial charge in [-0.3, -0.25) is 14.6 Å². The lowest BCUT2D eigenvalue weighted by atomic mass is 10.1. The van der Waals surface area contributed by atoms with Crippen LogP contribution >= 0.6 is 11.6 Å². The smallest absolute Gasteiger partial charge is 0.270 e. The molecule has 0 aliphatic heterocycles. The maximum absolute atomic E-state index is 12.5. The maximum atomic E-state index is 12.5. The highest BCUT2D eigenvalue weighted by Gasteiger charge is 2.12. The largest absolute Gasteiger partial charge is 0.347 e. The van der Waals surface area contributed by atoms with Gasteiger partial charge in [0.2, 0.25) is 0 Å². The quantitative estimate of drug-likeness (QED) is 0.697. The second-order valence-electron chi connectivity index (χ2n) is 6.01. The lowest BCUT2D eigenvalue weighted by Crippen LogP contribution is -2.24. The second-order valence-corrected chi connectivity index (χ2v) is 6.44. The van der Waals surface area contributed by atoms with Crippen LogP contribution in [0.25, 0.3) is 0 Å². The average molecular weight is 380 g/mol. The van der Waals surface area contributed by atoms with Crippen molar-refractivity contribution in [2.24, 2.45) is 0 Å². The maximum Gasteiger partial charge on any atom is 0.270 e. The molecule has 27 heavy (non-hydrogen) atoms. The molecule has 5 nitrogen and oxygen atoms in total. The van der Waals surface area contributed by atoms with Crippen LogP contribution in [0.5, 0.6) is 0 Å². The first-order valence-corrected chi connectivity index (χ1v) is 8.76. The van der Waals surface area contributed by atoms with Crippen LogP contribution in [0.1, 0.15) is 32.0 Å². The molecule has 6 heteroatoms. The van der Waals surface area contributed by atoms with Crippen molar-refractivity contribution in [3.05, 3.63) is 94.3 Å². The van der Waals surface area contributed by atoms with Gasteiger partial charge < -0.3 is 10.6 Å². The van der Waals surface area contributed by atoms with Gasteiger partial charge in [0.15, 0.2) is 0 Å². The minimum atomic E-state index is -0.351. The molecule has 0 spiro atoms. The number of anilines is 1. The minimum Gasteiger partial charge on any atom is -0.347 e. The summed E-state index contributed by atoms with van der Waals surface area (Å²) in [5.41, 5.74) is 3.15. The molecule has 2 amide bonds. The third-order valence-corrected chi connectivity index (χ3v) is 4.27. The van der Waals surface area contributed by atoms with E-state index >= 15 is 0 Å². The van der Waals surface area contributed by atoms with Crippen LogP contribution in [0.3, 0.4) is 0 Å². The number of para-hydroxylation sites is 1. The summed E-state index contributed by atoms with van der Waals surface area (Å²) < 4.78 is 0. The third kappa shape index (κ3) is 4.92. The van der Waals surface area contributed by atoms with Gasteiger partial charge in [0.1, 0.15) is 5.69 Å². The number of carbonyl (C=O) groups excluding carboxylic acids is 2. The number of amides is 2. The van der Waals surface area contributed by atoms with E-state index in [9.17, 15) is 9.59 Å². The van der Waals surface area contributed by atoms with Gasteiger partial charge in [-0.05, 0) is 48.4 Å². The Morgan fingerprint density at radius 3 is 2.48 bits per heavy atom. The molecule has 0 saturated carbocycles. The van der Waals surface area contributed by atoms with E-state index in [0.29, 0.717) is 17.1 Å². The number of carbonyl (C=O) groups is 2. The first-order chi connectivity index (χ1) is 13.0. The molecule has 1 heterocycles. The molecule has 3 aromatic rings. The molecule has 0 bridgehead atoms. The van der Waals surface area contributed by atoms with Gasteiger partial charge in [-0.15, -0.1) is 0 Å².